The molecule has 0 radical (unpaired) electrons. The van der Waals surface area contributed by atoms with Gasteiger partial charge in [-0.2, -0.15) is 0 Å². The highest BCUT2D eigenvalue weighted by atomic mass is 16.5. The van der Waals surface area contributed by atoms with E-state index in [0.29, 0.717) is 6.61 Å². The molecule has 1 amide bonds. The molecule has 0 aromatic carbocycles. The van der Waals surface area contributed by atoms with Gasteiger partial charge in [0, 0.05) is 13.6 Å². The topological polar surface area (TPSA) is 29.5 Å². The maximum absolute atomic E-state index is 11.4. The van der Waals surface area contributed by atoms with Crippen molar-refractivity contribution in [3.8, 4) is 0 Å². The van der Waals surface area contributed by atoms with E-state index in [-0.39, 0.29) is 17.9 Å². The maximum atomic E-state index is 11.4. The smallest absolute Gasteiger partial charge is 0.251 e. The summed E-state index contributed by atoms with van der Waals surface area (Å²) in [6.07, 6.45) is -0.214. The van der Waals surface area contributed by atoms with Crippen LogP contribution < -0.4 is 0 Å². The number of likely N-dealkylation sites (N-methyl/N-ethyl adjacent to an activating group) is 1. The lowest BCUT2D eigenvalue weighted by molar-refractivity contribution is -0.154. The summed E-state index contributed by atoms with van der Waals surface area (Å²) in [5, 5.41) is 0. The van der Waals surface area contributed by atoms with Crippen molar-refractivity contribution in [3.63, 3.8) is 0 Å². The molecule has 0 aliphatic carbocycles. The monoisotopic (exact) mass is 157 g/mol. The highest BCUT2D eigenvalue weighted by Crippen LogP contribution is 2.13. The van der Waals surface area contributed by atoms with Gasteiger partial charge in [0.25, 0.3) is 5.91 Å². The number of amides is 1. The van der Waals surface area contributed by atoms with Crippen LogP contribution in [0.4, 0.5) is 0 Å². The number of hydrogen-bond acceptors (Lipinski definition) is 2. The van der Waals surface area contributed by atoms with E-state index in [2.05, 4.69) is 0 Å². The van der Waals surface area contributed by atoms with Crippen LogP contribution in [-0.2, 0) is 9.53 Å². The average molecular weight is 157 g/mol. The van der Waals surface area contributed by atoms with Crippen LogP contribution in [0.5, 0.6) is 0 Å². The highest BCUT2D eigenvalue weighted by molar-refractivity contribution is 5.81. The van der Waals surface area contributed by atoms with Crippen LogP contribution in [0.2, 0.25) is 0 Å². The lowest BCUT2D eigenvalue weighted by Gasteiger charge is -2.31. The third-order valence-corrected chi connectivity index (χ3v) is 1.95. The van der Waals surface area contributed by atoms with Gasteiger partial charge < -0.3 is 9.64 Å². The first kappa shape index (κ1) is 8.53. The number of morpholine rings is 1. The SMILES string of the molecule is CC(C)C1OCCN(C)C1=O. The van der Waals surface area contributed by atoms with Crippen molar-refractivity contribution in [2.24, 2.45) is 5.92 Å². The lowest BCUT2D eigenvalue weighted by atomic mass is 10.1. The zero-order chi connectivity index (χ0) is 8.43. The van der Waals surface area contributed by atoms with Crippen LogP contribution >= 0.6 is 0 Å². The van der Waals surface area contributed by atoms with Crippen LogP contribution in [0.3, 0.4) is 0 Å². The van der Waals surface area contributed by atoms with Gasteiger partial charge in [-0.1, -0.05) is 13.8 Å². The van der Waals surface area contributed by atoms with E-state index in [0.717, 1.165) is 6.54 Å². The van der Waals surface area contributed by atoms with Crippen molar-refractivity contribution in [2.75, 3.05) is 20.2 Å². The van der Waals surface area contributed by atoms with Gasteiger partial charge in [-0.05, 0) is 5.92 Å². The second-order valence-corrected chi connectivity index (χ2v) is 3.30. The Hall–Kier alpha value is -0.570. The molecule has 1 aliphatic rings. The number of nitrogens with zero attached hydrogens (tertiary/aromatic N) is 1. The summed E-state index contributed by atoms with van der Waals surface area (Å²) in [5.41, 5.74) is 0. The fraction of sp³-hybridized carbons (Fsp3) is 0.875. The van der Waals surface area contributed by atoms with Crippen molar-refractivity contribution < 1.29 is 9.53 Å². The Morgan fingerprint density at radius 1 is 1.64 bits per heavy atom. The van der Waals surface area contributed by atoms with Crippen molar-refractivity contribution in [3.05, 3.63) is 0 Å². The maximum Gasteiger partial charge on any atom is 0.251 e. The highest BCUT2D eigenvalue weighted by Gasteiger charge is 2.29. The summed E-state index contributed by atoms with van der Waals surface area (Å²) in [6.45, 7) is 5.40. The number of hydrogen-bond donors (Lipinski definition) is 0. The van der Waals surface area contributed by atoms with Crippen molar-refractivity contribution in [1.29, 1.82) is 0 Å². The fourth-order valence-electron chi connectivity index (χ4n) is 1.19. The molecule has 1 unspecified atom stereocenters. The Labute approximate surface area is 67.3 Å². The summed E-state index contributed by atoms with van der Waals surface area (Å²) in [7, 11) is 1.82. The average Bonchev–Trinajstić information content (AvgIpc) is 1.94. The number of carbonyl (C=O) groups excluding carboxylic acids is 1. The van der Waals surface area contributed by atoms with Gasteiger partial charge in [0.2, 0.25) is 0 Å². The molecule has 1 aliphatic heterocycles. The van der Waals surface area contributed by atoms with Gasteiger partial charge in [0.1, 0.15) is 6.10 Å². The number of carbonyl (C=O) groups is 1. The third kappa shape index (κ3) is 1.71. The predicted molar refractivity (Wildman–Crippen MR) is 42.2 cm³/mol. The van der Waals surface area contributed by atoms with Gasteiger partial charge in [0.05, 0.1) is 6.61 Å². The first-order chi connectivity index (χ1) is 5.13. The molecular weight excluding hydrogens is 142 g/mol. The van der Waals surface area contributed by atoms with Crippen molar-refractivity contribution in [2.45, 2.75) is 20.0 Å². The lowest BCUT2D eigenvalue weighted by Crippen LogP contribution is -2.47. The molecule has 11 heavy (non-hydrogen) atoms. The van der Waals surface area contributed by atoms with E-state index >= 15 is 0 Å². The Morgan fingerprint density at radius 2 is 2.27 bits per heavy atom. The zero-order valence-corrected chi connectivity index (χ0v) is 7.33. The van der Waals surface area contributed by atoms with Gasteiger partial charge in [-0.3, -0.25) is 4.79 Å². The molecule has 3 nitrogen and oxygen atoms in total. The van der Waals surface area contributed by atoms with Crippen molar-refractivity contribution in [1.82, 2.24) is 4.90 Å². The van der Waals surface area contributed by atoms with Crippen LogP contribution in [0.15, 0.2) is 0 Å². The molecular formula is C8H15NO2. The largest absolute Gasteiger partial charge is 0.366 e. The van der Waals surface area contributed by atoms with E-state index < -0.39 is 0 Å². The second-order valence-electron chi connectivity index (χ2n) is 3.30. The minimum atomic E-state index is -0.214. The Morgan fingerprint density at radius 3 is 2.73 bits per heavy atom. The summed E-state index contributed by atoms with van der Waals surface area (Å²) in [5.74, 6) is 0.400. The van der Waals surface area contributed by atoms with E-state index in [9.17, 15) is 4.79 Å². The summed E-state index contributed by atoms with van der Waals surface area (Å²) >= 11 is 0. The van der Waals surface area contributed by atoms with Gasteiger partial charge in [-0.25, -0.2) is 0 Å². The molecule has 0 bridgehead atoms. The summed E-state index contributed by atoms with van der Waals surface area (Å²) < 4.78 is 5.33. The molecule has 64 valence electrons. The standard InChI is InChI=1S/C8H15NO2/c1-6(2)7-8(10)9(3)4-5-11-7/h6-7H,4-5H2,1-3H3. The van der Waals surface area contributed by atoms with Crippen molar-refractivity contribution >= 4 is 5.91 Å². The molecule has 0 saturated carbocycles. The van der Waals surface area contributed by atoms with E-state index in [4.69, 9.17) is 4.74 Å². The minimum Gasteiger partial charge on any atom is -0.366 e. The number of rotatable bonds is 1. The van der Waals surface area contributed by atoms with Crippen LogP contribution in [0.25, 0.3) is 0 Å². The summed E-state index contributed by atoms with van der Waals surface area (Å²) in [6, 6.07) is 0. The fourth-order valence-corrected chi connectivity index (χ4v) is 1.19. The van der Waals surface area contributed by atoms with Crippen LogP contribution in [0.1, 0.15) is 13.8 Å². The quantitative estimate of drug-likeness (QED) is 0.554. The molecule has 3 heteroatoms. The Kier molecular flexibility index (Phi) is 2.49. The predicted octanol–water partition coefficient (Wildman–Crippen LogP) is 0.500. The molecule has 1 saturated heterocycles. The first-order valence-corrected chi connectivity index (χ1v) is 3.99. The van der Waals surface area contributed by atoms with Gasteiger partial charge in [-0.15, -0.1) is 0 Å². The molecule has 1 rings (SSSR count). The number of ether oxygens (including phenoxy) is 1. The molecule has 0 aromatic rings. The van der Waals surface area contributed by atoms with Crippen LogP contribution in [-0.4, -0.2) is 37.1 Å². The van der Waals surface area contributed by atoms with Crippen LogP contribution in [0, 0.1) is 5.92 Å². The molecule has 1 fully saturated rings. The van der Waals surface area contributed by atoms with E-state index in [1.807, 2.05) is 20.9 Å². The molecule has 0 spiro atoms. The minimum absolute atomic E-state index is 0.117. The molecule has 1 atom stereocenters. The third-order valence-electron chi connectivity index (χ3n) is 1.95. The second kappa shape index (κ2) is 3.22. The van der Waals surface area contributed by atoms with Gasteiger partial charge >= 0.3 is 0 Å². The van der Waals surface area contributed by atoms with E-state index in [1.165, 1.54) is 0 Å². The van der Waals surface area contributed by atoms with Gasteiger partial charge in [0.15, 0.2) is 0 Å². The zero-order valence-electron chi connectivity index (χ0n) is 7.33. The molecule has 0 aromatic heterocycles. The summed E-state index contributed by atoms with van der Waals surface area (Å²) in [4.78, 5) is 13.1. The first-order valence-electron chi connectivity index (χ1n) is 3.99. The Balaban J connectivity index is 2.58. The normalized spacial score (nSPS) is 26.4. The molecule has 0 N–H and O–H groups in total. The Bertz CT molecular complexity index is 156. The molecule has 1 heterocycles. The van der Waals surface area contributed by atoms with E-state index in [1.54, 1.807) is 4.90 Å².